The summed E-state index contributed by atoms with van der Waals surface area (Å²) < 4.78 is 12.4. The van der Waals surface area contributed by atoms with Gasteiger partial charge in [-0.05, 0) is 54.2 Å². The highest BCUT2D eigenvalue weighted by molar-refractivity contribution is 6.01. The van der Waals surface area contributed by atoms with E-state index in [4.69, 9.17) is 9.47 Å². The molecule has 0 spiro atoms. The van der Waals surface area contributed by atoms with Crippen molar-refractivity contribution in [3.8, 4) is 17.7 Å². The SMILES string of the molecule is COCCCNC(=O)C(C#N)=Cc1c(Oc2ccc(C(C)(C)C)cc2)nc2c(C)cccn2c1=O. The fraction of sp³-hybridized carbons (Fsp3) is 0.333. The summed E-state index contributed by atoms with van der Waals surface area (Å²) in [5.74, 6) is -0.0782. The molecule has 1 aromatic carbocycles. The summed E-state index contributed by atoms with van der Waals surface area (Å²) in [6, 6.07) is 13.0. The molecule has 2 heterocycles. The Labute approximate surface area is 204 Å². The van der Waals surface area contributed by atoms with Gasteiger partial charge in [-0.1, -0.05) is 39.0 Å². The number of aryl methyl sites for hydroxylation is 1. The number of nitrogens with zero attached hydrogens (tertiary/aromatic N) is 3. The first-order valence-electron chi connectivity index (χ1n) is 11.3. The van der Waals surface area contributed by atoms with Crippen molar-refractivity contribution in [2.75, 3.05) is 20.3 Å². The van der Waals surface area contributed by atoms with Gasteiger partial charge in [0.05, 0.1) is 0 Å². The molecule has 0 bridgehead atoms. The van der Waals surface area contributed by atoms with Gasteiger partial charge in [0, 0.05) is 26.5 Å². The minimum Gasteiger partial charge on any atom is -0.438 e. The van der Waals surface area contributed by atoms with Crippen molar-refractivity contribution in [3.63, 3.8) is 0 Å². The van der Waals surface area contributed by atoms with Gasteiger partial charge >= 0.3 is 0 Å². The van der Waals surface area contributed by atoms with Gasteiger partial charge in [0.25, 0.3) is 11.5 Å². The lowest BCUT2D eigenvalue weighted by atomic mass is 9.87. The van der Waals surface area contributed by atoms with Gasteiger partial charge in [0.2, 0.25) is 5.88 Å². The highest BCUT2D eigenvalue weighted by Crippen LogP contribution is 2.28. The Morgan fingerprint density at radius 3 is 2.57 bits per heavy atom. The van der Waals surface area contributed by atoms with Crippen molar-refractivity contribution in [1.82, 2.24) is 14.7 Å². The summed E-state index contributed by atoms with van der Waals surface area (Å²) in [5, 5.41) is 12.3. The van der Waals surface area contributed by atoms with E-state index in [0.29, 0.717) is 31.0 Å². The van der Waals surface area contributed by atoms with E-state index in [1.807, 2.05) is 43.3 Å². The van der Waals surface area contributed by atoms with Gasteiger partial charge < -0.3 is 14.8 Å². The third kappa shape index (κ3) is 6.14. The Kier molecular flexibility index (Phi) is 8.05. The first-order valence-corrected chi connectivity index (χ1v) is 11.3. The second kappa shape index (κ2) is 11.0. The van der Waals surface area contributed by atoms with Crippen LogP contribution in [-0.2, 0) is 14.9 Å². The second-order valence-corrected chi connectivity index (χ2v) is 9.17. The largest absolute Gasteiger partial charge is 0.438 e. The molecular weight excluding hydrogens is 444 g/mol. The molecule has 3 aromatic rings. The van der Waals surface area contributed by atoms with Crippen LogP contribution in [0.25, 0.3) is 11.7 Å². The van der Waals surface area contributed by atoms with Crippen molar-refractivity contribution in [3.05, 3.63) is 75.2 Å². The highest BCUT2D eigenvalue weighted by Gasteiger charge is 2.19. The van der Waals surface area contributed by atoms with Crippen molar-refractivity contribution in [2.45, 2.75) is 39.5 Å². The predicted octanol–water partition coefficient (Wildman–Crippen LogP) is 4.15. The van der Waals surface area contributed by atoms with Crippen LogP contribution in [-0.4, -0.2) is 35.6 Å². The number of methoxy groups -OCH3 is 1. The third-order valence-electron chi connectivity index (χ3n) is 5.45. The molecule has 182 valence electrons. The van der Waals surface area contributed by atoms with Gasteiger partial charge in [-0.25, -0.2) is 0 Å². The maximum atomic E-state index is 13.4. The smallest absolute Gasteiger partial charge is 0.269 e. The van der Waals surface area contributed by atoms with Gasteiger partial charge in [-0.3, -0.25) is 14.0 Å². The van der Waals surface area contributed by atoms with E-state index in [1.54, 1.807) is 19.4 Å². The van der Waals surface area contributed by atoms with E-state index >= 15 is 0 Å². The molecule has 8 heteroatoms. The number of carbonyl (C=O) groups is 1. The maximum Gasteiger partial charge on any atom is 0.269 e. The Morgan fingerprint density at radius 1 is 1.23 bits per heavy atom. The molecule has 0 saturated carbocycles. The molecule has 35 heavy (non-hydrogen) atoms. The summed E-state index contributed by atoms with van der Waals surface area (Å²) in [6.07, 6.45) is 3.42. The molecule has 0 aliphatic carbocycles. The number of rotatable bonds is 8. The lowest BCUT2D eigenvalue weighted by Gasteiger charge is -2.19. The van der Waals surface area contributed by atoms with Crippen LogP contribution in [0.4, 0.5) is 0 Å². The van der Waals surface area contributed by atoms with Gasteiger partial charge in [0.15, 0.2) is 0 Å². The van der Waals surface area contributed by atoms with Gasteiger partial charge in [-0.2, -0.15) is 10.2 Å². The van der Waals surface area contributed by atoms with Crippen LogP contribution in [0, 0.1) is 18.3 Å². The number of carbonyl (C=O) groups excluding carboxylic acids is 1. The van der Waals surface area contributed by atoms with Crippen LogP contribution in [0.2, 0.25) is 0 Å². The average Bonchev–Trinajstić information content (AvgIpc) is 2.82. The second-order valence-electron chi connectivity index (χ2n) is 9.17. The molecule has 0 fully saturated rings. The fourth-order valence-electron chi connectivity index (χ4n) is 3.43. The number of aromatic nitrogens is 2. The fourth-order valence-corrected chi connectivity index (χ4v) is 3.43. The minimum absolute atomic E-state index is 0.0107. The number of pyridine rings is 1. The molecular formula is C27H30N4O4. The summed E-state index contributed by atoms with van der Waals surface area (Å²) >= 11 is 0. The van der Waals surface area contributed by atoms with E-state index in [2.05, 4.69) is 31.1 Å². The van der Waals surface area contributed by atoms with Crippen LogP contribution in [0.3, 0.4) is 0 Å². The zero-order valence-corrected chi connectivity index (χ0v) is 20.7. The molecule has 0 atom stereocenters. The van der Waals surface area contributed by atoms with E-state index in [9.17, 15) is 14.9 Å². The van der Waals surface area contributed by atoms with Gasteiger partial charge in [0.1, 0.15) is 28.6 Å². The maximum absolute atomic E-state index is 13.4. The van der Waals surface area contributed by atoms with Crippen molar-refractivity contribution >= 4 is 17.6 Å². The first-order chi connectivity index (χ1) is 16.7. The number of hydrogen-bond donors (Lipinski definition) is 1. The number of nitriles is 1. The summed E-state index contributed by atoms with van der Waals surface area (Å²) in [6.45, 7) is 9.00. The Bertz CT molecular complexity index is 1340. The number of nitrogens with one attached hydrogen (secondary N) is 1. The van der Waals surface area contributed by atoms with E-state index in [-0.39, 0.29) is 22.4 Å². The van der Waals surface area contributed by atoms with Crippen LogP contribution < -0.4 is 15.6 Å². The van der Waals surface area contributed by atoms with Gasteiger partial charge in [-0.15, -0.1) is 0 Å². The quantitative estimate of drug-likeness (QED) is 0.299. The number of fused-ring (bicyclic) bond motifs is 1. The van der Waals surface area contributed by atoms with E-state index in [0.717, 1.165) is 11.1 Å². The molecule has 8 nitrogen and oxygen atoms in total. The average molecular weight is 475 g/mol. The molecule has 0 aliphatic rings. The van der Waals surface area contributed by atoms with Crippen molar-refractivity contribution in [1.29, 1.82) is 5.26 Å². The molecule has 0 radical (unpaired) electrons. The summed E-state index contributed by atoms with van der Waals surface area (Å²) in [7, 11) is 1.57. The summed E-state index contributed by atoms with van der Waals surface area (Å²) in [5.41, 5.74) is 1.66. The number of ether oxygens (including phenoxy) is 2. The molecule has 1 amide bonds. The zero-order chi connectivity index (χ0) is 25.6. The lowest BCUT2D eigenvalue weighted by molar-refractivity contribution is -0.117. The molecule has 0 aliphatic heterocycles. The Hall–Kier alpha value is -3.96. The Balaban J connectivity index is 2.07. The topological polar surface area (TPSA) is 106 Å². The number of benzene rings is 1. The normalized spacial score (nSPS) is 11.8. The Morgan fingerprint density at radius 2 is 1.94 bits per heavy atom. The molecule has 0 unspecified atom stereocenters. The third-order valence-corrected chi connectivity index (χ3v) is 5.45. The zero-order valence-electron chi connectivity index (χ0n) is 20.7. The standard InChI is InChI=1S/C27H30N4O4/c1-18-8-6-14-31-23(18)30-25(35-21-11-9-20(10-12-21)27(2,3)4)22(26(31)33)16-19(17-28)24(32)29-13-7-15-34-5/h6,8-12,14,16H,7,13,15H2,1-5H3,(H,29,32). The van der Waals surface area contributed by atoms with Crippen LogP contribution in [0.15, 0.2) is 53.0 Å². The monoisotopic (exact) mass is 474 g/mol. The van der Waals surface area contributed by atoms with Crippen molar-refractivity contribution in [2.24, 2.45) is 0 Å². The highest BCUT2D eigenvalue weighted by atomic mass is 16.5. The summed E-state index contributed by atoms with van der Waals surface area (Å²) in [4.78, 5) is 30.5. The number of hydrogen-bond acceptors (Lipinski definition) is 6. The minimum atomic E-state index is -0.585. The van der Waals surface area contributed by atoms with Crippen LogP contribution in [0.1, 0.15) is 43.9 Å². The van der Waals surface area contributed by atoms with E-state index < -0.39 is 11.5 Å². The van der Waals surface area contributed by atoms with Crippen LogP contribution in [0.5, 0.6) is 11.6 Å². The molecule has 2 aromatic heterocycles. The van der Waals surface area contributed by atoms with E-state index in [1.165, 1.54) is 10.5 Å². The molecule has 3 rings (SSSR count). The van der Waals surface area contributed by atoms with Crippen molar-refractivity contribution < 1.29 is 14.3 Å². The van der Waals surface area contributed by atoms with Crippen LogP contribution >= 0.6 is 0 Å². The molecule has 0 saturated heterocycles. The number of amides is 1. The first kappa shape index (κ1) is 25.7. The lowest BCUT2D eigenvalue weighted by Crippen LogP contribution is -2.27. The molecule has 1 N–H and O–H groups in total. The predicted molar refractivity (Wildman–Crippen MR) is 135 cm³/mol.